The normalized spacial score (nSPS) is 11.6. The maximum atomic E-state index is 12.2. The van der Waals surface area contributed by atoms with Crippen molar-refractivity contribution in [2.24, 2.45) is 4.99 Å². The minimum absolute atomic E-state index is 0.432. The van der Waals surface area contributed by atoms with Gasteiger partial charge in [0.2, 0.25) is 0 Å². The van der Waals surface area contributed by atoms with Crippen LogP contribution in [0.1, 0.15) is 32.3 Å². The Hall–Kier alpha value is -1.89. The Kier molecular flexibility index (Phi) is 11.3. The highest BCUT2D eigenvalue weighted by Gasteiger charge is 2.04. The van der Waals surface area contributed by atoms with E-state index in [1.165, 1.54) is 0 Å². The predicted molar refractivity (Wildman–Crippen MR) is 96.5 cm³/mol. The second kappa shape index (κ2) is 13.4. The van der Waals surface area contributed by atoms with Gasteiger partial charge in [-0.3, -0.25) is 0 Å². The number of benzene rings is 1. The Morgan fingerprint density at radius 3 is 2.76 bits per heavy atom. The average molecular weight is 357 g/mol. The molecule has 1 aromatic carbocycles. The summed E-state index contributed by atoms with van der Waals surface area (Å²) in [6, 6.07) is 7.07. The summed E-state index contributed by atoms with van der Waals surface area (Å²) in [7, 11) is 0. The van der Waals surface area contributed by atoms with Gasteiger partial charge in [-0.1, -0.05) is 12.1 Å². The van der Waals surface area contributed by atoms with Crippen molar-refractivity contribution in [1.29, 1.82) is 0 Å². The number of unbranched alkanes of at least 4 members (excludes halogenated alkanes) is 1. The molecule has 0 aromatic heterocycles. The lowest BCUT2D eigenvalue weighted by Crippen LogP contribution is -2.37. The fourth-order valence-electron chi connectivity index (χ4n) is 2.09. The van der Waals surface area contributed by atoms with Crippen LogP contribution >= 0.6 is 0 Å². The van der Waals surface area contributed by atoms with Crippen LogP contribution in [0.4, 0.5) is 8.78 Å². The largest absolute Gasteiger partial charge is 0.488 e. The minimum atomic E-state index is -2.48. The van der Waals surface area contributed by atoms with Gasteiger partial charge >= 0.3 is 0 Å². The summed E-state index contributed by atoms with van der Waals surface area (Å²) in [6.45, 7) is 6.94. The topological polar surface area (TPSA) is 54.9 Å². The van der Waals surface area contributed by atoms with Crippen molar-refractivity contribution in [3.63, 3.8) is 0 Å². The summed E-state index contributed by atoms with van der Waals surface area (Å²) in [5.74, 6) is 1.17. The van der Waals surface area contributed by atoms with Crippen LogP contribution < -0.4 is 15.4 Å². The highest BCUT2D eigenvalue weighted by Crippen LogP contribution is 2.14. The molecule has 5 nitrogen and oxygen atoms in total. The van der Waals surface area contributed by atoms with Crippen LogP contribution in [-0.2, 0) is 11.3 Å². The smallest absolute Gasteiger partial charge is 0.272 e. The van der Waals surface area contributed by atoms with Crippen molar-refractivity contribution in [2.75, 3.05) is 32.9 Å². The Morgan fingerprint density at radius 1 is 1.20 bits per heavy atom. The van der Waals surface area contributed by atoms with Gasteiger partial charge in [0.05, 0.1) is 6.54 Å². The maximum Gasteiger partial charge on any atom is 0.272 e. The molecule has 0 aliphatic carbocycles. The fourth-order valence-corrected chi connectivity index (χ4v) is 2.09. The molecule has 0 bridgehead atoms. The first-order valence-electron chi connectivity index (χ1n) is 8.75. The molecule has 142 valence electrons. The van der Waals surface area contributed by atoms with Crippen LogP contribution in [-0.4, -0.2) is 45.3 Å². The van der Waals surface area contributed by atoms with Crippen molar-refractivity contribution in [1.82, 2.24) is 10.6 Å². The van der Waals surface area contributed by atoms with E-state index in [4.69, 9.17) is 9.47 Å². The van der Waals surface area contributed by atoms with Gasteiger partial charge in [-0.2, -0.15) is 0 Å². The Bertz CT molecular complexity index is 499. The summed E-state index contributed by atoms with van der Waals surface area (Å²) in [4.78, 5) is 4.51. The molecule has 0 heterocycles. The third kappa shape index (κ3) is 10.6. The molecule has 0 aliphatic heterocycles. The van der Waals surface area contributed by atoms with E-state index in [1.807, 2.05) is 19.9 Å². The molecule has 0 amide bonds. The molecule has 0 radical (unpaired) electrons. The number of hydrogen-bond acceptors (Lipinski definition) is 3. The molecule has 2 N–H and O–H groups in total. The standard InChI is InChI=1S/C18H29F2N3O2/c1-3-21-18(22-10-5-6-11-24-4-2)23-13-15-8-7-9-16(12-15)25-14-17(19)20/h7-9,12,17H,3-6,10-11,13-14H2,1-2H3,(H2,21,22,23). The molecule has 7 heteroatoms. The molecular weight excluding hydrogens is 328 g/mol. The predicted octanol–water partition coefficient (Wildman–Crippen LogP) is 3.20. The summed E-state index contributed by atoms with van der Waals surface area (Å²) < 4.78 is 34.7. The van der Waals surface area contributed by atoms with Crippen molar-refractivity contribution in [3.8, 4) is 5.75 Å². The number of nitrogens with one attached hydrogen (secondary N) is 2. The van der Waals surface area contributed by atoms with E-state index in [0.29, 0.717) is 12.3 Å². The summed E-state index contributed by atoms with van der Waals surface area (Å²) in [6.07, 6.45) is -0.473. The van der Waals surface area contributed by atoms with E-state index in [-0.39, 0.29) is 0 Å². The number of aliphatic imine (C=N–C) groups is 1. The first-order chi connectivity index (χ1) is 12.2. The Labute approximate surface area is 148 Å². The molecule has 0 aliphatic rings. The molecule has 0 unspecified atom stereocenters. The van der Waals surface area contributed by atoms with E-state index in [9.17, 15) is 8.78 Å². The van der Waals surface area contributed by atoms with Gasteiger partial charge in [-0.25, -0.2) is 13.8 Å². The monoisotopic (exact) mass is 357 g/mol. The zero-order valence-corrected chi connectivity index (χ0v) is 15.1. The molecule has 0 spiro atoms. The third-order valence-corrected chi connectivity index (χ3v) is 3.25. The molecule has 1 aromatic rings. The van der Waals surface area contributed by atoms with Gasteiger partial charge in [0.15, 0.2) is 5.96 Å². The highest BCUT2D eigenvalue weighted by atomic mass is 19.3. The maximum absolute atomic E-state index is 12.2. The van der Waals surface area contributed by atoms with Crippen molar-refractivity contribution >= 4 is 5.96 Å². The fraction of sp³-hybridized carbons (Fsp3) is 0.611. The first kappa shape index (κ1) is 21.2. The van der Waals surface area contributed by atoms with Crippen molar-refractivity contribution < 1.29 is 18.3 Å². The van der Waals surface area contributed by atoms with E-state index in [0.717, 1.165) is 50.7 Å². The lowest BCUT2D eigenvalue weighted by atomic mass is 10.2. The van der Waals surface area contributed by atoms with Gasteiger partial charge in [0.1, 0.15) is 12.4 Å². The number of halogens is 2. The van der Waals surface area contributed by atoms with Crippen molar-refractivity contribution in [2.45, 2.75) is 39.7 Å². The zero-order valence-electron chi connectivity index (χ0n) is 15.1. The second-order valence-electron chi connectivity index (χ2n) is 5.38. The lowest BCUT2D eigenvalue weighted by Gasteiger charge is -2.11. The summed E-state index contributed by atoms with van der Waals surface area (Å²) in [5.41, 5.74) is 0.903. The van der Waals surface area contributed by atoms with Crippen molar-refractivity contribution in [3.05, 3.63) is 29.8 Å². The molecule has 25 heavy (non-hydrogen) atoms. The quantitative estimate of drug-likeness (QED) is 0.343. The van der Waals surface area contributed by atoms with Crippen LogP contribution in [0.5, 0.6) is 5.75 Å². The lowest BCUT2D eigenvalue weighted by molar-refractivity contribution is 0.0818. The van der Waals surface area contributed by atoms with E-state index in [1.54, 1.807) is 18.2 Å². The third-order valence-electron chi connectivity index (χ3n) is 3.25. The van der Waals surface area contributed by atoms with Crippen LogP contribution in [0.3, 0.4) is 0 Å². The average Bonchev–Trinajstić information content (AvgIpc) is 2.61. The zero-order chi connectivity index (χ0) is 18.3. The van der Waals surface area contributed by atoms with Gasteiger partial charge in [0.25, 0.3) is 6.43 Å². The van der Waals surface area contributed by atoms with Crippen LogP contribution in [0.25, 0.3) is 0 Å². The van der Waals surface area contributed by atoms with Crippen LogP contribution in [0.15, 0.2) is 29.3 Å². The van der Waals surface area contributed by atoms with Gasteiger partial charge in [0, 0.05) is 26.3 Å². The number of alkyl halides is 2. The van der Waals surface area contributed by atoms with E-state index < -0.39 is 13.0 Å². The Balaban J connectivity index is 2.46. The molecule has 1 rings (SSSR count). The number of hydrogen-bond donors (Lipinski definition) is 2. The van der Waals surface area contributed by atoms with Crippen LogP contribution in [0.2, 0.25) is 0 Å². The Morgan fingerprint density at radius 2 is 2.04 bits per heavy atom. The molecular formula is C18H29F2N3O2. The van der Waals surface area contributed by atoms with Gasteiger partial charge in [-0.15, -0.1) is 0 Å². The van der Waals surface area contributed by atoms with Crippen LogP contribution in [0, 0.1) is 0 Å². The SMILES string of the molecule is CCNC(=NCc1cccc(OCC(F)F)c1)NCCCCOCC. The van der Waals surface area contributed by atoms with Gasteiger partial charge < -0.3 is 20.1 Å². The van der Waals surface area contributed by atoms with E-state index in [2.05, 4.69) is 15.6 Å². The number of nitrogens with zero attached hydrogens (tertiary/aromatic N) is 1. The first-order valence-corrected chi connectivity index (χ1v) is 8.75. The minimum Gasteiger partial charge on any atom is -0.488 e. The molecule has 0 fully saturated rings. The number of rotatable bonds is 12. The summed E-state index contributed by atoms with van der Waals surface area (Å²) >= 11 is 0. The molecule has 0 saturated heterocycles. The molecule has 0 atom stereocenters. The summed E-state index contributed by atoms with van der Waals surface area (Å²) in [5, 5.41) is 6.46. The second-order valence-corrected chi connectivity index (χ2v) is 5.38. The van der Waals surface area contributed by atoms with Gasteiger partial charge in [-0.05, 0) is 44.4 Å². The van der Waals surface area contributed by atoms with E-state index >= 15 is 0 Å². The highest BCUT2D eigenvalue weighted by molar-refractivity contribution is 5.79. The molecule has 0 saturated carbocycles. The number of ether oxygens (including phenoxy) is 2. The number of guanidine groups is 1.